The Morgan fingerprint density at radius 3 is 0.786 bits per heavy atom. The first-order valence-electron chi connectivity index (χ1n) is 42.3. The van der Waals surface area contributed by atoms with Gasteiger partial charge in [0.15, 0.2) is 12.2 Å². The number of allylic oxidation sites excluding steroid dienone is 34. The van der Waals surface area contributed by atoms with Crippen molar-refractivity contribution in [1.29, 1.82) is 0 Å². The summed E-state index contributed by atoms with van der Waals surface area (Å²) >= 11 is 0. The lowest BCUT2D eigenvalue weighted by Gasteiger charge is -2.21. The van der Waals surface area contributed by atoms with Crippen LogP contribution in [-0.2, 0) is 65.4 Å². The lowest BCUT2D eigenvalue weighted by atomic mass is 10.1. The molecule has 0 spiro atoms. The zero-order valence-electron chi connectivity index (χ0n) is 69.3. The maximum Gasteiger partial charge on any atom is 0.472 e. The van der Waals surface area contributed by atoms with Gasteiger partial charge in [0, 0.05) is 25.7 Å². The summed E-state index contributed by atoms with van der Waals surface area (Å²) in [6.45, 7) is 4.34. The van der Waals surface area contributed by atoms with E-state index in [1.54, 1.807) is 0 Å². The summed E-state index contributed by atoms with van der Waals surface area (Å²) in [5, 5.41) is 10.7. The second-order valence-corrected chi connectivity index (χ2v) is 30.2. The van der Waals surface area contributed by atoms with Crippen LogP contribution < -0.4 is 0 Å². The third-order valence-corrected chi connectivity index (χ3v) is 18.6. The number of esters is 4. The molecule has 0 radical (unpaired) electrons. The molecule has 112 heavy (non-hydrogen) atoms. The molecule has 3 N–H and O–H groups in total. The SMILES string of the molecule is CC/C=C\C/C=C\C/C=C\C/C=C\C/C=C\C/C=C\CCC(=O)O[C@H](COC(=O)CCCCCCC/C=C\CCCCCCCC)COP(=O)(O)OC[C@H](O)COP(=O)(O)OC[C@@H](COC(=O)CCCCC/C=C\C/C=C\C/C=C\C/C=C\C/C=C\CC)OC(=O)CCCCC/C=C\C/C=C\C/C=C\C/C=C\C/C=C\CC. The van der Waals surface area contributed by atoms with E-state index in [1.807, 2.05) is 18.2 Å². The highest BCUT2D eigenvalue weighted by atomic mass is 31.2. The fourth-order valence-electron chi connectivity index (χ4n) is 10.4. The summed E-state index contributed by atoms with van der Waals surface area (Å²) in [5.74, 6) is -2.38. The Morgan fingerprint density at radius 2 is 0.482 bits per heavy atom. The fraction of sp³-hybridized carbons (Fsp3) is 0.591. The average Bonchev–Trinajstić information content (AvgIpc) is 0.897. The van der Waals surface area contributed by atoms with Crippen LogP contribution in [0.3, 0.4) is 0 Å². The number of carbonyl (C=O) groups excluding carboxylic acids is 4. The molecule has 0 aromatic rings. The number of ether oxygens (including phenoxy) is 4. The first-order valence-corrected chi connectivity index (χ1v) is 45.3. The van der Waals surface area contributed by atoms with Crippen molar-refractivity contribution < 1.29 is 80.2 Å². The topological polar surface area (TPSA) is 237 Å². The second-order valence-electron chi connectivity index (χ2n) is 27.3. The number of aliphatic hydroxyl groups excluding tert-OH is 1. The Bertz CT molecular complexity index is 2940. The molecule has 2 unspecified atom stereocenters. The average molecular weight is 1600 g/mol. The third kappa shape index (κ3) is 81.6. The highest BCUT2D eigenvalue weighted by Gasteiger charge is 2.30. The Morgan fingerprint density at radius 1 is 0.259 bits per heavy atom. The van der Waals surface area contributed by atoms with Gasteiger partial charge in [-0.05, 0) is 180 Å². The van der Waals surface area contributed by atoms with E-state index in [0.29, 0.717) is 32.1 Å². The maximum atomic E-state index is 13.1. The van der Waals surface area contributed by atoms with Gasteiger partial charge in [-0.25, -0.2) is 9.13 Å². The molecule has 632 valence electrons. The molecule has 19 heteroatoms. The van der Waals surface area contributed by atoms with Crippen LogP contribution in [0.15, 0.2) is 207 Å². The van der Waals surface area contributed by atoms with E-state index in [0.717, 1.165) is 173 Å². The first-order chi connectivity index (χ1) is 54.7. The van der Waals surface area contributed by atoms with E-state index in [1.165, 1.54) is 38.5 Å². The molecule has 0 bridgehead atoms. The van der Waals surface area contributed by atoms with Gasteiger partial charge >= 0.3 is 39.5 Å². The van der Waals surface area contributed by atoms with Gasteiger partial charge in [0.1, 0.15) is 19.3 Å². The van der Waals surface area contributed by atoms with Crippen molar-refractivity contribution in [2.24, 2.45) is 0 Å². The lowest BCUT2D eigenvalue weighted by Crippen LogP contribution is -2.30. The van der Waals surface area contributed by atoms with Crippen molar-refractivity contribution in [3.05, 3.63) is 207 Å². The number of rotatable bonds is 77. The highest BCUT2D eigenvalue weighted by Crippen LogP contribution is 2.45. The van der Waals surface area contributed by atoms with Crippen LogP contribution in [0.25, 0.3) is 0 Å². The largest absolute Gasteiger partial charge is 0.472 e. The quantitative estimate of drug-likeness (QED) is 0.0169. The molecule has 0 aliphatic heterocycles. The van der Waals surface area contributed by atoms with Crippen LogP contribution in [-0.4, -0.2) is 96.7 Å². The zero-order valence-corrected chi connectivity index (χ0v) is 71.0. The van der Waals surface area contributed by atoms with Crippen molar-refractivity contribution in [1.82, 2.24) is 0 Å². The van der Waals surface area contributed by atoms with E-state index < -0.39 is 97.5 Å². The molecule has 0 saturated carbocycles. The molecule has 0 amide bonds. The van der Waals surface area contributed by atoms with E-state index in [9.17, 15) is 43.2 Å². The van der Waals surface area contributed by atoms with E-state index >= 15 is 0 Å². The van der Waals surface area contributed by atoms with Gasteiger partial charge in [0.05, 0.1) is 26.4 Å². The minimum Gasteiger partial charge on any atom is -0.462 e. The summed E-state index contributed by atoms with van der Waals surface area (Å²) in [5.41, 5.74) is 0. The number of phosphoric acid groups is 2. The fourth-order valence-corrected chi connectivity index (χ4v) is 12.0. The zero-order chi connectivity index (χ0) is 81.7. The van der Waals surface area contributed by atoms with E-state index in [-0.39, 0.29) is 25.7 Å². The Labute approximate surface area is 678 Å². The van der Waals surface area contributed by atoms with Gasteiger partial charge in [0.25, 0.3) is 0 Å². The molecule has 0 aliphatic carbocycles. The van der Waals surface area contributed by atoms with Crippen molar-refractivity contribution in [3.8, 4) is 0 Å². The van der Waals surface area contributed by atoms with Gasteiger partial charge in [0.2, 0.25) is 0 Å². The lowest BCUT2D eigenvalue weighted by molar-refractivity contribution is -0.161. The molecule has 0 heterocycles. The normalized spacial score (nSPS) is 14.8. The monoisotopic (exact) mass is 1600 g/mol. The van der Waals surface area contributed by atoms with Crippen LogP contribution in [0.2, 0.25) is 0 Å². The second kappa shape index (κ2) is 82.6. The first kappa shape index (κ1) is 106. The Balaban J connectivity index is 5.56. The number of hydrogen-bond donors (Lipinski definition) is 3. The van der Waals surface area contributed by atoms with Crippen LogP contribution >= 0.6 is 15.6 Å². The minimum absolute atomic E-state index is 0.0369. The molecule has 0 fully saturated rings. The summed E-state index contributed by atoms with van der Waals surface area (Å²) in [6, 6.07) is 0. The summed E-state index contributed by atoms with van der Waals surface area (Å²) < 4.78 is 68.6. The standard InChI is InChI=1S/C93H148O17P2/c1-5-9-13-17-21-25-29-33-37-40-43-46-50-54-58-62-66-70-74-78-91(96)104-84-89(110-93(98)80-76-72-68-64-60-56-52-48-45-42-39-35-31-27-23-19-15-11-7-3)86-108-112(101,102)106-82-87(94)81-105-111(99,100)107-85-88(83-103-90(95)77-73-69-65-61-57-53-49-36-32-28-24-20-16-12-8-4)109-92(97)79-75-71-67-63-59-55-51-47-44-41-38-34-30-26-22-18-14-10-6-2/h9-11,13-15,21-23,25-27,33-39,43-49,54-56,58-60,67,71,87-89,94H,5-8,12,16-20,24,28-32,40-42,50-53,57,61-66,68-70,72-86H2,1-4H3,(H,99,100)(H,101,102)/b13-9-,14-10-,15-11-,25-21-,26-22-,27-23-,37-33-,38-34-,39-35-,46-43-,47-44-,48-45-,49-36-,58-54-,59-55-,60-56-,71-67-/t87-,88+,89+/m0/s1. The Kier molecular flexibility index (Phi) is 77.9. The van der Waals surface area contributed by atoms with E-state index in [4.69, 9.17) is 37.0 Å². The summed E-state index contributed by atoms with van der Waals surface area (Å²) in [7, 11) is -10.0. The van der Waals surface area contributed by atoms with Crippen LogP contribution in [0.5, 0.6) is 0 Å². The van der Waals surface area contributed by atoms with Crippen LogP contribution in [0.1, 0.15) is 297 Å². The van der Waals surface area contributed by atoms with E-state index in [2.05, 4.69) is 216 Å². The highest BCUT2D eigenvalue weighted by molar-refractivity contribution is 7.47. The molecule has 0 aromatic carbocycles. The van der Waals surface area contributed by atoms with Crippen molar-refractivity contribution in [2.45, 2.75) is 316 Å². The summed E-state index contributed by atoms with van der Waals surface area (Å²) in [6.07, 6.45) is 104. The smallest absolute Gasteiger partial charge is 0.462 e. The van der Waals surface area contributed by atoms with Gasteiger partial charge in [-0.15, -0.1) is 0 Å². The third-order valence-electron chi connectivity index (χ3n) is 16.7. The van der Waals surface area contributed by atoms with Crippen molar-refractivity contribution >= 4 is 39.5 Å². The van der Waals surface area contributed by atoms with Crippen molar-refractivity contribution in [2.75, 3.05) is 39.6 Å². The summed E-state index contributed by atoms with van der Waals surface area (Å²) in [4.78, 5) is 73.2. The number of phosphoric ester groups is 2. The maximum absolute atomic E-state index is 13.1. The molecule has 0 aliphatic rings. The van der Waals surface area contributed by atoms with Gasteiger partial charge < -0.3 is 33.8 Å². The van der Waals surface area contributed by atoms with Gasteiger partial charge in [-0.2, -0.15) is 0 Å². The predicted octanol–water partition coefficient (Wildman–Crippen LogP) is 25.4. The molecule has 17 nitrogen and oxygen atoms in total. The molecule has 0 aromatic heterocycles. The molecular weight excluding hydrogens is 1450 g/mol. The molecule has 5 atom stereocenters. The molecule has 0 saturated heterocycles. The van der Waals surface area contributed by atoms with Crippen LogP contribution in [0.4, 0.5) is 0 Å². The van der Waals surface area contributed by atoms with Gasteiger partial charge in [-0.1, -0.05) is 298 Å². The van der Waals surface area contributed by atoms with Crippen LogP contribution in [0, 0.1) is 0 Å². The molecule has 0 rings (SSSR count). The minimum atomic E-state index is -5.02. The van der Waals surface area contributed by atoms with Crippen molar-refractivity contribution in [3.63, 3.8) is 0 Å². The molecular formula is C93H148O17P2. The predicted molar refractivity (Wildman–Crippen MR) is 463 cm³/mol. The number of unbranched alkanes of at least 4 members (excludes halogenated alkanes) is 17. The van der Waals surface area contributed by atoms with Gasteiger partial charge in [-0.3, -0.25) is 37.3 Å². The number of aliphatic hydroxyl groups is 1. The number of hydrogen-bond acceptors (Lipinski definition) is 15. The Hall–Kier alpha value is -6.36. The number of carbonyl (C=O) groups is 4.